The van der Waals surface area contributed by atoms with Gasteiger partial charge in [0.2, 0.25) is 5.13 Å². The maximum Gasteiger partial charge on any atom is 0.313 e. The fourth-order valence-corrected chi connectivity index (χ4v) is 2.93. The van der Waals surface area contributed by atoms with E-state index in [1.54, 1.807) is 0 Å². The highest BCUT2D eigenvalue weighted by Gasteiger charge is 2.08. The van der Waals surface area contributed by atoms with Gasteiger partial charge in [0.25, 0.3) is 0 Å². The van der Waals surface area contributed by atoms with Gasteiger partial charge in [0.15, 0.2) is 4.34 Å². The second-order valence-corrected chi connectivity index (χ2v) is 6.13. The molecule has 0 radical (unpaired) electrons. The van der Waals surface area contributed by atoms with Crippen LogP contribution in [0.5, 0.6) is 0 Å². The van der Waals surface area contributed by atoms with Crippen molar-refractivity contribution >= 4 is 39.9 Å². The predicted octanol–water partition coefficient (Wildman–Crippen LogP) is 3.08. The molecule has 19 heavy (non-hydrogen) atoms. The van der Waals surface area contributed by atoms with E-state index < -0.39 is 5.97 Å². The fraction of sp³-hybridized carbons (Fsp3) is 0.250. The van der Waals surface area contributed by atoms with E-state index in [2.05, 4.69) is 28.5 Å². The number of thioether (sulfide) groups is 1. The lowest BCUT2D eigenvalue weighted by Crippen LogP contribution is -1.96. The van der Waals surface area contributed by atoms with Crippen LogP contribution in [-0.4, -0.2) is 27.0 Å². The average Bonchev–Trinajstić information content (AvgIpc) is 2.80. The third kappa shape index (κ3) is 3.68. The third-order valence-corrected chi connectivity index (χ3v) is 4.53. The number of anilines is 2. The van der Waals surface area contributed by atoms with Crippen LogP contribution in [0.15, 0.2) is 22.5 Å². The van der Waals surface area contributed by atoms with E-state index >= 15 is 0 Å². The number of aliphatic carboxylic acids is 1. The second-order valence-electron chi connectivity index (χ2n) is 3.93. The number of carboxylic acids is 1. The molecule has 0 atom stereocenters. The molecular formula is C12H13N3O2S2. The summed E-state index contributed by atoms with van der Waals surface area (Å²) in [5.74, 6) is -0.859. The topological polar surface area (TPSA) is 75.1 Å². The molecule has 100 valence electrons. The van der Waals surface area contributed by atoms with Crippen molar-refractivity contribution < 1.29 is 9.90 Å². The highest BCUT2D eigenvalue weighted by molar-refractivity contribution is 8.01. The largest absolute Gasteiger partial charge is 0.481 e. The van der Waals surface area contributed by atoms with Crippen molar-refractivity contribution in [2.24, 2.45) is 0 Å². The van der Waals surface area contributed by atoms with E-state index in [4.69, 9.17) is 5.11 Å². The summed E-state index contributed by atoms with van der Waals surface area (Å²) in [7, 11) is 0. The Kier molecular flexibility index (Phi) is 4.39. The van der Waals surface area contributed by atoms with E-state index in [9.17, 15) is 4.79 Å². The minimum Gasteiger partial charge on any atom is -0.481 e. The SMILES string of the molecule is Cc1cccc(Nc2nnc(SCC(=O)O)s2)c1C. The normalized spacial score (nSPS) is 10.4. The number of aryl methyl sites for hydroxylation is 1. The molecule has 0 aliphatic rings. The summed E-state index contributed by atoms with van der Waals surface area (Å²) in [4.78, 5) is 10.5. The average molecular weight is 295 g/mol. The van der Waals surface area contributed by atoms with Gasteiger partial charge in [-0.25, -0.2) is 0 Å². The molecule has 0 saturated carbocycles. The zero-order valence-corrected chi connectivity index (χ0v) is 12.1. The summed E-state index contributed by atoms with van der Waals surface area (Å²) >= 11 is 2.52. The Balaban J connectivity index is 2.07. The van der Waals surface area contributed by atoms with Crippen LogP contribution < -0.4 is 5.32 Å². The second kappa shape index (κ2) is 6.03. The number of rotatable bonds is 5. The molecule has 0 saturated heterocycles. The van der Waals surface area contributed by atoms with Gasteiger partial charge in [-0.2, -0.15) is 0 Å². The Morgan fingerprint density at radius 1 is 1.42 bits per heavy atom. The summed E-state index contributed by atoms with van der Waals surface area (Å²) < 4.78 is 0.648. The summed E-state index contributed by atoms with van der Waals surface area (Å²) in [6.07, 6.45) is 0. The van der Waals surface area contributed by atoms with Crippen LogP contribution in [0.3, 0.4) is 0 Å². The van der Waals surface area contributed by atoms with Crippen LogP contribution >= 0.6 is 23.1 Å². The third-order valence-electron chi connectivity index (χ3n) is 2.57. The van der Waals surface area contributed by atoms with E-state index in [1.165, 1.54) is 28.7 Å². The predicted molar refractivity (Wildman–Crippen MR) is 77.5 cm³/mol. The number of aromatic nitrogens is 2. The number of carboxylic acid groups (broad SMARTS) is 1. The van der Waals surface area contributed by atoms with E-state index in [0.29, 0.717) is 9.47 Å². The zero-order valence-electron chi connectivity index (χ0n) is 10.5. The number of hydrogen-bond acceptors (Lipinski definition) is 6. The Bertz CT molecular complexity index is 598. The monoisotopic (exact) mass is 295 g/mol. The molecule has 7 heteroatoms. The van der Waals surface area contributed by atoms with Crippen molar-refractivity contribution in [2.75, 3.05) is 11.1 Å². The first-order valence-corrected chi connectivity index (χ1v) is 7.38. The summed E-state index contributed by atoms with van der Waals surface area (Å²) in [5.41, 5.74) is 3.36. The van der Waals surface area contributed by atoms with Gasteiger partial charge in [-0.1, -0.05) is 35.2 Å². The Morgan fingerprint density at radius 2 is 2.21 bits per heavy atom. The maximum absolute atomic E-state index is 10.5. The lowest BCUT2D eigenvalue weighted by molar-refractivity contribution is -0.133. The lowest BCUT2D eigenvalue weighted by atomic mass is 10.1. The molecule has 0 bridgehead atoms. The van der Waals surface area contributed by atoms with Gasteiger partial charge in [0.05, 0.1) is 5.75 Å². The molecule has 2 rings (SSSR count). The molecule has 0 spiro atoms. The van der Waals surface area contributed by atoms with Crippen molar-refractivity contribution in [3.63, 3.8) is 0 Å². The van der Waals surface area contributed by atoms with E-state index in [1.807, 2.05) is 19.1 Å². The fourth-order valence-electron chi connectivity index (χ4n) is 1.44. The zero-order chi connectivity index (χ0) is 13.8. The van der Waals surface area contributed by atoms with Gasteiger partial charge in [0, 0.05) is 5.69 Å². The summed E-state index contributed by atoms with van der Waals surface area (Å²) in [6, 6.07) is 6.01. The summed E-state index contributed by atoms with van der Waals surface area (Å²) in [5, 5.41) is 20.4. The molecule has 0 unspecified atom stereocenters. The first kappa shape index (κ1) is 13.8. The van der Waals surface area contributed by atoms with Crippen LogP contribution in [0.1, 0.15) is 11.1 Å². The smallest absolute Gasteiger partial charge is 0.313 e. The first-order valence-electron chi connectivity index (χ1n) is 5.57. The Labute approximate surface area is 119 Å². The van der Waals surface area contributed by atoms with Crippen LogP contribution in [0.2, 0.25) is 0 Å². The number of nitrogens with one attached hydrogen (secondary N) is 1. The Morgan fingerprint density at radius 3 is 2.95 bits per heavy atom. The number of hydrogen-bond donors (Lipinski definition) is 2. The van der Waals surface area contributed by atoms with Crippen molar-refractivity contribution in [3.05, 3.63) is 29.3 Å². The van der Waals surface area contributed by atoms with Crippen molar-refractivity contribution in [1.29, 1.82) is 0 Å². The van der Waals surface area contributed by atoms with Gasteiger partial charge in [-0.3, -0.25) is 4.79 Å². The van der Waals surface area contributed by atoms with Crippen molar-refractivity contribution in [2.45, 2.75) is 18.2 Å². The van der Waals surface area contributed by atoms with Crippen LogP contribution in [0.25, 0.3) is 0 Å². The molecule has 1 heterocycles. The van der Waals surface area contributed by atoms with Gasteiger partial charge >= 0.3 is 5.97 Å². The molecule has 2 aromatic rings. The first-order chi connectivity index (χ1) is 9.06. The molecular weight excluding hydrogens is 282 g/mol. The maximum atomic E-state index is 10.5. The van der Waals surface area contributed by atoms with Crippen LogP contribution in [0.4, 0.5) is 10.8 Å². The highest BCUT2D eigenvalue weighted by atomic mass is 32.2. The van der Waals surface area contributed by atoms with Crippen LogP contribution in [-0.2, 0) is 4.79 Å². The molecule has 0 aliphatic heterocycles. The number of nitrogens with zero attached hydrogens (tertiary/aromatic N) is 2. The minimum atomic E-state index is -0.857. The van der Waals surface area contributed by atoms with E-state index in [-0.39, 0.29) is 5.75 Å². The quantitative estimate of drug-likeness (QED) is 0.826. The van der Waals surface area contributed by atoms with E-state index in [0.717, 1.165) is 11.3 Å². The number of carbonyl (C=O) groups is 1. The number of benzene rings is 1. The van der Waals surface area contributed by atoms with Crippen molar-refractivity contribution in [1.82, 2.24) is 10.2 Å². The van der Waals surface area contributed by atoms with Gasteiger partial charge in [-0.15, -0.1) is 10.2 Å². The molecule has 0 fully saturated rings. The molecule has 1 aromatic heterocycles. The summed E-state index contributed by atoms with van der Waals surface area (Å²) in [6.45, 7) is 4.09. The van der Waals surface area contributed by atoms with Crippen molar-refractivity contribution in [3.8, 4) is 0 Å². The molecule has 0 aliphatic carbocycles. The van der Waals surface area contributed by atoms with Gasteiger partial charge in [-0.05, 0) is 31.0 Å². The Hall–Kier alpha value is -1.60. The molecule has 5 nitrogen and oxygen atoms in total. The van der Waals surface area contributed by atoms with Crippen LogP contribution in [0, 0.1) is 13.8 Å². The lowest BCUT2D eigenvalue weighted by Gasteiger charge is -2.08. The standard InChI is InChI=1S/C12H13N3O2S2/c1-7-4-3-5-9(8(7)2)13-11-14-15-12(19-11)18-6-10(16)17/h3-5H,6H2,1-2H3,(H,13,14)(H,16,17). The minimum absolute atomic E-state index is 0.00188. The van der Waals surface area contributed by atoms with Gasteiger partial charge < -0.3 is 10.4 Å². The highest BCUT2D eigenvalue weighted by Crippen LogP contribution is 2.29. The molecule has 1 aromatic carbocycles. The molecule has 2 N–H and O–H groups in total. The molecule has 0 amide bonds. The van der Waals surface area contributed by atoms with Gasteiger partial charge in [0.1, 0.15) is 0 Å².